The van der Waals surface area contributed by atoms with Crippen LogP contribution in [0.4, 0.5) is 0 Å². The Morgan fingerprint density at radius 1 is 1.30 bits per heavy atom. The normalized spacial score (nSPS) is 12.0. The highest BCUT2D eigenvalue weighted by molar-refractivity contribution is 6.69. The third kappa shape index (κ3) is 8.18. The van der Waals surface area contributed by atoms with Gasteiger partial charge in [0.15, 0.2) is 8.32 Å². The maximum absolute atomic E-state index is 5.55. The summed E-state index contributed by atoms with van der Waals surface area (Å²) in [5.41, 5.74) is 0. The molecule has 0 fully saturated rings. The van der Waals surface area contributed by atoms with Crippen LogP contribution in [0.5, 0.6) is 0 Å². The van der Waals surface area contributed by atoms with Crippen LogP contribution in [0, 0.1) is 6.61 Å². The van der Waals surface area contributed by atoms with E-state index in [1.165, 1.54) is 12.8 Å². The van der Waals surface area contributed by atoms with Crippen molar-refractivity contribution >= 4 is 8.32 Å². The van der Waals surface area contributed by atoms with Crippen molar-refractivity contribution in [2.75, 3.05) is 0 Å². The Kier molecular flexibility index (Phi) is 5.00. The molecular formula is C8H19OSi. The van der Waals surface area contributed by atoms with Crippen LogP contribution >= 0.6 is 0 Å². The quantitative estimate of drug-likeness (QED) is 0.442. The van der Waals surface area contributed by atoms with Gasteiger partial charge in [-0.1, -0.05) is 19.8 Å². The highest BCUT2D eigenvalue weighted by atomic mass is 28.4. The van der Waals surface area contributed by atoms with E-state index in [2.05, 4.69) is 26.6 Å². The van der Waals surface area contributed by atoms with Crippen molar-refractivity contribution in [2.24, 2.45) is 0 Å². The molecule has 0 aromatic carbocycles. The first kappa shape index (κ1) is 10.2. The van der Waals surface area contributed by atoms with Gasteiger partial charge in [-0.15, -0.1) is 0 Å². The lowest BCUT2D eigenvalue weighted by molar-refractivity contribution is 0.382. The summed E-state index contributed by atoms with van der Waals surface area (Å²) >= 11 is 0. The van der Waals surface area contributed by atoms with Crippen molar-refractivity contribution in [3.8, 4) is 0 Å². The molecular weight excluding hydrogens is 140 g/mol. The Bertz CT molecular complexity index is 75.8. The summed E-state index contributed by atoms with van der Waals surface area (Å²) < 4.78 is 5.55. The largest absolute Gasteiger partial charge is 0.412 e. The molecule has 0 aliphatic rings. The minimum Gasteiger partial charge on any atom is -0.412 e. The number of rotatable bonds is 5. The second-order valence-electron chi connectivity index (χ2n) is 3.54. The lowest BCUT2D eigenvalue weighted by atomic mass is 10.3. The minimum absolute atomic E-state index is 1.11. The van der Waals surface area contributed by atoms with E-state index >= 15 is 0 Å². The average Bonchev–Trinajstić information content (AvgIpc) is 1.78. The van der Waals surface area contributed by atoms with E-state index in [0.717, 1.165) is 6.42 Å². The maximum Gasteiger partial charge on any atom is 0.184 e. The van der Waals surface area contributed by atoms with Gasteiger partial charge in [-0.3, -0.25) is 0 Å². The molecule has 2 heteroatoms. The first-order chi connectivity index (χ1) is 4.56. The van der Waals surface area contributed by atoms with Crippen LogP contribution in [0.25, 0.3) is 0 Å². The van der Waals surface area contributed by atoms with Crippen molar-refractivity contribution in [1.29, 1.82) is 0 Å². The van der Waals surface area contributed by atoms with E-state index < -0.39 is 8.32 Å². The van der Waals surface area contributed by atoms with Gasteiger partial charge in [0.1, 0.15) is 0 Å². The Morgan fingerprint density at radius 3 is 2.30 bits per heavy atom. The van der Waals surface area contributed by atoms with Crippen molar-refractivity contribution in [1.82, 2.24) is 0 Å². The molecule has 61 valence electrons. The predicted molar refractivity (Wildman–Crippen MR) is 48.3 cm³/mol. The highest BCUT2D eigenvalue weighted by Crippen LogP contribution is 2.07. The second-order valence-corrected chi connectivity index (χ2v) is 8.00. The summed E-state index contributed by atoms with van der Waals surface area (Å²) in [7, 11) is -1.26. The van der Waals surface area contributed by atoms with Crippen LogP contribution in [0.3, 0.4) is 0 Å². The number of hydrogen-bond acceptors (Lipinski definition) is 1. The summed E-state index contributed by atoms with van der Waals surface area (Å²) in [5, 5.41) is 0. The Labute approximate surface area is 65.9 Å². The molecule has 1 radical (unpaired) electrons. The fourth-order valence-corrected chi connectivity index (χ4v) is 1.21. The van der Waals surface area contributed by atoms with Crippen LogP contribution in [0.1, 0.15) is 26.2 Å². The van der Waals surface area contributed by atoms with Crippen LogP contribution in [-0.2, 0) is 4.43 Å². The van der Waals surface area contributed by atoms with Crippen LogP contribution in [0.2, 0.25) is 19.6 Å². The molecule has 0 aliphatic heterocycles. The van der Waals surface area contributed by atoms with Crippen molar-refractivity contribution < 1.29 is 4.43 Å². The summed E-state index contributed by atoms with van der Waals surface area (Å²) in [6.45, 7) is 10.8. The summed E-state index contributed by atoms with van der Waals surface area (Å²) in [5.74, 6) is 0. The van der Waals surface area contributed by atoms with Gasteiger partial charge in [0.2, 0.25) is 0 Å². The van der Waals surface area contributed by atoms with Gasteiger partial charge in [0.05, 0.1) is 6.61 Å². The highest BCUT2D eigenvalue weighted by Gasteiger charge is 2.12. The van der Waals surface area contributed by atoms with Gasteiger partial charge in [0.25, 0.3) is 0 Å². The lowest BCUT2D eigenvalue weighted by Crippen LogP contribution is -2.23. The van der Waals surface area contributed by atoms with E-state index in [-0.39, 0.29) is 0 Å². The van der Waals surface area contributed by atoms with Crippen LogP contribution in [0.15, 0.2) is 0 Å². The zero-order valence-electron chi connectivity index (χ0n) is 7.61. The van der Waals surface area contributed by atoms with E-state index in [1.54, 1.807) is 0 Å². The van der Waals surface area contributed by atoms with Crippen molar-refractivity contribution in [3.05, 3.63) is 6.61 Å². The Balaban J connectivity index is 3.04. The zero-order chi connectivity index (χ0) is 8.04. The molecule has 0 saturated heterocycles. The van der Waals surface area contributed by atoms with E-state index in [0.29, 0.717) is 0 Å². The molecule has 0 N–H and O–H groups in total. The molecule has 10 heavy (non-hydrogen) atoms. The number of unbranched alkanes of at least 4 members (excludes halogenated alkanes) is 2. The fraction of sp³-hybridized carbons (Fsp3) is 0.875. The van der Waals surface area contributed by atoms with Gasteiger partial charge < -0.3 is 4.43 Å². The van der Waals surface area contributed by atoms with E-state index in [1.807, 2.05) is 6.61 Å². The average molecular weight is 159 g/mol. The molecule has 0 aromatic rings. The molecule has 1 nitrogen and oxygen atoms in total. The standard InChI is InChI=1S/C8H19OSi/c1-5-6-7-8-9-10(2,3)4/h8H,5-7H2,1-4H3. The molecule has 0 amide bonds. The number of hydrogen-bond donors (Lipinski definition) is 0. The molecule has 0 saturated carbocycles. The molecule has 0 aliphatic carbocycles. The molecule has 0 atom stereocenters. The van der Waals surface area contributed by atoms with Gasteiger partial charge in [-0.2, -0.15) is 0 Å². The van der Waals surface area contributed by atoms with Gasteiger partial charge >= 0.3 is 0 Å². The third-order valence-corrected chi connectivity index (χ3v) is 1.99. The van der Waals surface area contributed by atoms with Crippen LogP contribution in [-0.4, -0.2) is 8.32 Å². The zero-order valence-corrected chi connectivity index (χ0v) is 8.61. The maximum atomic E-state index is 5.55. The third-order valence-electron chi connectivity index (χ3n) is 1.11. The molecule has 0 spiro atoms. The molecule has 0 bridgehead atoms. The minimum atomic E-state index is -1.26. The Morgan fingerprint density at radius 2 is 1.90 bits per heavy atom. The molecule has 0 rings (SSSR count). The smallest absolute Gasteiger partial charge is 0.184 e. The first-order valence-electron chi connectivity index (χ1n) is 4.06. The first-order valence-corrected chi connectivity index (χ1v) is 7.46. The molecule has 0 unspecified atom stereocenters. The topological polar surface area (TPSA) is 9.23 Å². The second kappa shape index (κ2) is 4.91. The van der Waals surface area contributed by atoms with Crippen LogP contribution < -0.4 is 0 Å². The van der Waals surface area contributed by atoms with E-state index in [4.69, 9.17) is 4.43 Å². The van der Waals surface area contributed by atoms with Gasteiger partial charge in [0, 0.05) is 0 Å². The summed E-state index contributed by atoms with van der Waals surface area (Å²) in [4.78, 5) is 0. The van der Waals surface area contributed by atoms with Gasteiger partial charge in [-0.05, 0) is 26.1 Å². The van der Waals surface area contributed by atoms with Crippen molar-refractivity contribution in [3.63, 3.8) is 0 Å². The van der Waals surface area contributed by atoms with Gasteiger partial charge in [-0.25, -0.2) is 0 Å². The lowest BCUT2D eigenvalue weighted by Gasteiger charge is -2.15. The van der Waals surface area contributed by atoms with Crippen molar-refractivity contribution in [2.45, 2.75) is 45.8 Å². The fourth-order valence-electron chi connectivity index (χ4n) is 0.596. The Hall–Kier alpha value is 0.177. The summed E-state index contributed by atoms with van der Waals surface area (Å²) in [6, 6.07) is 0. The molecule has 0 heterocycles. The predicted octanol–water partition coefficient (Wildman–Crippen LogP) is 3.19. The van der Waals surface area contributed by atoms with E-state index in [9.17, 15) is 0 Å². The monoisotopic (exact) mass is 159 g/mol. The summed E-state index contributed by atoms with van der Waals surface area (Å²) in [6.07, 6.45) is 3.62. The SMILES string of the molecule is CCCC[CH]O[Si](C)(C)C. The molecule has 0 aromatic heterocycles.